The highest BCUT2D eigenvalue weighted by molar-refractivity contribution is 6.05. The zero-order valence-corrected chi connectivity index (χ0v) is 18.8. The molecule has 2 amide bonds. The van der Waals surface area contributed by atoms with Crippen LogP contribution in [-0.2, 0) is 6.54 Å². The Morgan fingerprint density at radius 3 is 2.56 bits per heavy atom. The molecule has 6 rings (SSSR count). The standard InChI is InChI=1S/C26H19N7O3/c34-24(28-14-21-29-18-9-3-4-10-19(18)30-21)17-8-5-11-20-23(17)32-25(31-20)33-26(35)36-22-12-15-6-1-2-7-16(15)13-27-22/h1-13H,14H2,(H,28,34)(H,29,30)(H2,31,32,33,35). The SMILES string of the molecule is O=C(Nc1nc2c(C(=O)NCc3nc4ccccc4[nH]3)cccc2[nH]1)Oc1cc2ccccc2cn1. The van der Waals surface area contributed by atoms with Gasteiger partial charge in [0.15, 0.2) is 0 Å². The number of fused-ring (bicyclic) bond motifs is 3. The van der Waals surface area contributed by atoms with Crippen molar-refractivity contribution in [2.75, 3.05) is 5.32 Å². The van der Waals surface area contributed by atoms with E-state index in [0.29, 0.717) is 22.4 Å². The summed E-state index contributed by atoms with van der Waals surface area (Å²) >= 11 is 0. The van der Waals surface area contributed by atoms with Gasteiger partial charge in [-0.25, -0.2) is 19.7 Å². The largest absolute Gasteiger partial charge is 0.420 e. The third-order valence-corrected chi connectivity index (χ3v) is 5.64. The van der Waals surface area contributed by atoms with Crippen LogP contribution in [0, 0.1) is 0 Å². The number of pyridine rings is 1. The van der Waals surface area contributed by atoms with E-state index in [9.17, 15) is 9.59 Å². The molecule has 3 aromatic heterocycles. The fourth-order valence-electron chi connectivity index (χ4n) is 3.96. The molecule has 0 spiro atoms. The summed E-state index contributed by atoms with van der Waals surface area (Å²) in [7, 11) is 0. The van der Waals surface area contributed by atoms with Crippen LogP contribution in [0.4, 0.5) is 10.7 Å². The Morgan fingerprint density at radius 2 is 1.67 bits per heavy atom. The number of hydrogen-bond donors (Lipinski definition) is 4. The first-order chi connectivity index (χ1) is 17.6. The van der Waals surface area contributed by atoms with Gasteiger partial charge < -0.3 is 20.0 Å². The van der Waals surface area contributed by atoms with Gasteiger partial charge in [0, 0.05) is 17.6 Å². The molecule has 0 atom stereocenters. The predicted octanol–water partition coefficient (Wildman–Crippen LogP) is 4.53. The molecule has 0 saturated heterocycles. The number of benzene rings is 3. The third kappa shape index (κ3) is 4.18. The Bertz CT molecular complexity index is 1720. The van der Waals surface area contributed by atoms with Crippen molar-refractivity contribution >= 4 is 50.8 Å². The molecule has 3 heterocycles. The van der Waals surface area contributed by atoms with E-state index >= 15 is 0 Å². The van der Waals surface area contributed by atoms with Crippen molar-refractivity contribution in [2.45, 2.75) is 6.54 Å². The van der Waals surface area contributed by atoms with Gasteiger partial charge in [-0.15, -0.1) is 0 Å². The number of imidazole rings is 2. The van der Waals surface area contributed by atoms with Gasteiger partial charge in [-0.2, -0.15) is 0 Å². The Hall–Kier alpha value is -5.25. The number of carbonyl (C=O) groups is 2. The number of anilines is 1. The van der Waals surface area contributed by atoms with Crippen molar-refractivity contribution < 1.29 is 14.3 Å². The molecular formula is C26H19N7O3. The van der Waals surface area contributed by atoms with Crippen molar-refractivity contribution in [2.24, 2.45) is 0 Å². The molecule has 0 saturated carbocycles. The number of aromatic nitrogens is 5. The molecule has 0 aliphatic carbocycles. The van der Waals surface area contributed by atoms with Crippen LogP contribution in [0.5, 0.6) is 5.88 Å². The summed E-state index contributed by atoms with van der Waals surface area (Å²) in [5.74, 6) is 0.634. The second-order valence-corrected chi connectivity index (χ2v) is 8.05. The lowest BCUT2D eigenvalue weighted by atomic mass is 10.1. The van der Waals surface area contributed by atoms with Crippen LogP contribution >= 0.6 is 0 Å². The fraction of sp³-hybridized carbons (Fsp3) is 0.0385. The van der Waals surface area contributed by atoms with Crippen molar-refractivity contribution in [3.63, 3.8) is 0 Å². The number of nitrogens with zero attached hydrogens (tertiary/aromatic N) is 3. The molecule has 0 aliphatic rings. The molecule has 36 heavy (non-hydrogen) atoms. The molecule has 6 aromatic rings. The lowest BCUT2D eigenvalue weighted by molar-refractivity contribution is 0.0951. The van der Waals surface area contributed by atoms with Gasteiger partial charge in [0.1, 0.15) is 11.3 Å². The number of aromatic amines is 2. The number of carbonyl (C=O) groups excluding carboxylic acids is 2. The maximum Gasteiger partial charge on any atom is 0.420 e. The first-order valence-corrected chi connectivity index (χ1v) is 11.2. The molecule has 176 valence electrons. The van der Waals surface area contributed by atoms with Crippen molar-refractivity contribution in [1.82, 2.24) is 30.2 Å². The van der Waals surface area contributed by atoms with Crippen LogP contribution in [-0.4, -0.2) is 36.9 Å². The number of para-hydroxylation sites is 3. The summed E-state index contributed by atoms with van der Waals surface area (Å²) in [6, 6.07) is 22.1. The Balaban J connectivity index is 1.15. The molecule has 0 fully saturated rings. The average Bonchev–Trinajstić information content (AvgIpc) is 3.50. The third-order valence-electron chi connectivity index (χ3n) is 5.64. The number of amides is 2. The van der Waals surface area contributed by atoms with E-state index in [0.717, 1.165) is 21.8 Å². The molecule has 0 bridgehead atoms. The predicted molar refractivity (Wildman–Crippen MR) is 135 cm³/mol. The minimum Gasteiger partial charge on any atom is -0.391 e. The lowest BCUT2D eigenvalue weighted by Crippen LogP contribution is -2.23. The van der Waals surface area contributed by atoms with Gasteiger partial charge in [0.2, 0.25) is 11.8 Å². The Kier molecular flexibility index (Phi) is 5.23. The molecule has 0 aliphatic heterocycles. The first kappa shape index (κ1) is 21.3. The maximum absolute atomic E-state index is 12.9. The number of hydrogen-bond acceptors (Lipinski definition) is 6. The fourth-order valence-corrected chi connectivity index (χ4v) is 3.96. The van der Waals surface area contributed by atoms with Crippen LogP contribution in [0.15, 0.2) is 79.0 Å². The highest BCUT2D eigenvalue weighted by Gasteiger charge is 2.16. The van der Waals surface area contributed by atoms with Crippen LogP contribution in [0.1, 0.15) is 16.2 Å². The van der Waals surface area contributed by atoms with E-state index in [2.05, 4.69) is 35.6 Å². The van der Waals surface area contributed by atoms with E-state index in [1.54, 1.807) is 30.5 Å². The number of H-pyrrole nitrogens is 2. The van der Waals surface area contributed by atoms with E-state index in [4.69, 9.17) is 4.74 Å². The minimum atomic E-state index is -0.757. The van der Waals surface area contributed by atoms with Gasteiger partial charge in [-0.1, -0.05) is 42.5 Å². The molecule has 0 unspecified atom stereocenters. The van der Waals surface area contributed by atoms with Gasteiger partial charge >= 0.3 is 6.09 Å². The van der Waals surface area contributed by atoms with Crippen LogP contribution < -0.4 is 15.4 Å². The average molecular weight is 477 g/mol. The van der Waals surface area contributed by atoms with Gasteiger partial charge in [0.25, 0.3) is 5.91 Å². The molecule has 10 nitrogen and oxygen atoms in total. The lowest BCUT2D eigenvalue weighted by Gasteiger charge is -2.04. The van der Waals surface area contributed by atoms with Gasteiger partial charge in [-0.05, 0) is 29.7 Å². The van der Waals surface area contributed by atoms with E-state index in [-0.39, 0.29) is 24.3 Å². The zero-order valence-electron chi connectivity index (χ0n) is 18.8. The number of rotatable bonds is 5. The molecular weight excluding hydrogens is 458 g/mol. The Morgan fingerprint density at radius 1 is 0.861 bits per heavy atom. The van der Waals surface area contributed by atoms with Gasteiger partial charge in [-0.3, -0.25) is 10.1 Å². The highest BCUT2D eigenvalue weighted by atomic mass is 16.6. The zero-order chi connectivity index (χ0) is 24.5. The summed E-state index contributed by atoms with van der Waals surface area (Å²) in [5, 5.41) is 7.25. The molecule has 4 N–H and O–H groups in total. The van der Waals surface area contributed by atoms with Crippen molar-refractivity contribution in [1.29, 1.82) is 0 Å². The summed E-state index contributed by atoms with van der Waals surface area (Å²) in [6.07, 6.45) is 0.878. The van der Waals surface area contributed by atoms with Crippen LogP contribution in [0.3, 0.4) is 0 Å². The van der Waals surface area contributed by atoms with E-state index in [1.807, 2.05) is 48.5 Å². The topological polar surface area (TPSA) is 138 Å². The van der Waals surface area contributed by atoms with Crippen molar-refractivity contribution in [3.05, 3.63) is 90.4 Å². The monoisotopic (exact) mass is 477 g/mol. The van der Waals surface area contributed by atoms with Crippen LogP contribution in [0.25, 0.3) is 32.8 Å². The number of ether oxygens (including phenoxy) is 1. The second kappa shape index (κ2) is 8.84. The first-order valence-electron chi connectivity index (χ1n) is 11.2. The van der Waals surface area contributed by atoms with Crippen molar-refractivity contribution in [3.8, 4) is 5.88 Å². The van der Waals surface area contributed by atoms with Crippen LogP contribution in [0.2, 0.25) is 0 Å². The highest BCUT2D eigenvalue weighted by Crippen LogP contribution is 2.21. The Labute approximate surface area is 203 Å². The summed E-state index contributed by atoms with van der Waals surface area (Å²) in [4.78, 5) is 44.5. The smallest absolute Gasteiger partial charge is 0.391 e. The van der Waals surface area contributed by atoms with E-state index < -0.39 is 6.09 Å². The molecule has 3 aromatic carbocycles. The maximum atomic E-state index is 12.9. The summed E-state index contributed by atoms with van der Waals surface area (Å²) in [6.45, 7) is 0.227. The molecule has 0 radical (unpaired) electrons. The van der Waals surface area contributed by atoms with Gasteiger partial charge in [0.05, 0.1) is 28.7 Å². The van der Waals surface area contributed by atoms with E-state index in [1.165, 1.54) is 0 Å². The quantitative estimate of drug-likeness (QED) is 0.288. The second-order valence-electron chi connectivity index (χ2n) is 8.05. The summed E-state index contributed by atoms with van der Waals surface area (Å²) in [5.41, 5.74) is 3.09. The minimum absolute atomic E-state index is 0.147. The summed E-state index contributed by atoms with van der Waals surface area (Å²) < 4.78 is 5.30. The normalized spacial score (nSPS) is 11.1. The molecule has 10 heteroatoms. The number of nitrogens with one attached hydrogen (secondary N) is 4.